The van der Waals surface area contributed by atoms with Crippen molar-refractivity contribution in [2.75, 3.05) is 26.8 Å². The van der Waals surface area contributed by atoms with Gasteiger partial charge in [-0.1, -0.05) is 0 Å². The summed E-state index contributed by atoms with van der Waals surface area (Å²) in [6.45, 7) is 6.72. The van der Waals surface area contributed by atoms with E-state index < -0.39 is 0 Å². The van der Waals surface area contributed by atoms with Crippen LogP contribution in [0.15, 0.2) is 4.99 Å². The molecule has 0 aromatic carbocycles. The highest BCUT2D eigenvalue weighted by atomic mass is 127. The van der Waals surface area contributed by atoms with Gasteiger partial charge in [0.05, 0.1) is 6.61 Å². The fourth-order valence-electron chi connectivity index (χ4n) is 1.37. The molecule has 2 N–H and O–H groups in total. The van der Waals surface area contributed by atoms with E-state index in [4.69, 9.17) is 4.74 Å². The first-order valence-corrected chi connectivity index (χ1v) is 5.80. The van der Waals surface area contributed by atoms with E-state index in [1.165, 1.54) is 12.8 Å². The summed E-state index contributed by atoms with van der Waals surface area (Å²) in [4.78, 5) is 4.54. The number of aliphatic imine (C=N–C) groups is 1. The molecule has 0 aromatic heterocycles. The summed E-state index contributed by atoms with van der Waals surface area (Å²) in [6, 6.07) is 0.298. The number of hydrogen-bond acceptors (Lipinski definition) is 2. The van der Waals surface area contributed by atoms with Crippen LogP contribution in [0.2, 0.25) is 0 Å². The molecule has 1 saturated carbocycles. The van der Waals surface area contributed by atoms with Crippen LogP contribution < -0.4 is 10.6 Å². The van der Waals surface area contributed by atoms with Crippen molar-refractivity contribution >= 4 is 29.9 Å². The molecular weight excluding hydrogens is 317 g/mol. The van der Waals surface area contributed by atoms with Gasteiger partial charge in [-0.3, -0.25) is 4.99 Å². The number of hydrogen-bond donors (Lipinski definition) is 2. The average Bonchev–Trinajstić information content (AvgIpc) is 2.98. The molecule has 5 heteroatoms. The summed E-state index contributed by atoms with van der Waals surface area (Å²) in [5.41, 5.74) is 0. The molecule has 0 heterocycles. The van der Waals surface area contributed by atoms with Gasteiger partial charge in [-0.2, -0.15) is 0 Å². The van der Waals surface area contributed by atoms with Crippen molar-refractivity contribution in [2.24, 2.45) is 10.9 Å². The number of methoxy groups -OCH3 is 1. The van der Waals surface area contributed by atoms with Crippen LogP contribution in [0.5, 0.6) is 0 Å². The molecule has 4 nitrogen and oxygen atoms in total. The van der Waals surface area contributed by atoms with Gasteiger partial charge in [0, 0.05) is 26.2 Å². The summed E-state index contributed by atoms with van der Waals surface area (Å²) < 4.78 is 5.08. The zero-order valence-electron chi connectivity index (χ0n) is 10.5. The topological polar surface area (TPSA) is 45.7 Å². The number of nitrogens with zero attached hydrogens (tertiary/aromatic N) is 1. The highest BCUT2D eigenvalue weighted by Crippen LogP contribution is 2.28. The molecule has 1 unspecified atom stereocenters. The zero-order chi connectivity index (χ0) is 11.1. The first-order valence-electron chi connectivity index (χ1n) is 5.80. The second-order valence-corrected chi connectivity index (χ2v) is 4.16. The summed E-state index contributed by atoms with van der Waals surface area (Å²) in [7, 11) is 1.71. The monoisotopic (exact) mass is 341 g/mol. The van der Waals surface area contributed by atoms with Crippen molar-refractivity contribution in [3.05, 3.63) is 0 Å². The second kappa shape index (κ2) is 9.04. The van der Waals surface area contributed by atoms with E-state index in [0.29, 0.717) is 12.6 Å². The van der Waals surface area contributed by atoms with Gasteiger partial charge in [0.2, 0.25) is 0 Å². The van der Waals surface area contributed by atoms with Crippen LogP contribution in [-0.2, 0) is 4.74 Å². The fraction of sp³-hybridized carbons (Fsp3) is 0.909. The van der Waals surface area contributed by atoms with Gasteiger partial charge >= 0.3 is 0 Å². The molecule has 1 rings (SSSR count). The van der Waals surface area contributed by atoms with Gasteiger partial charge in [-0.05, 0) is 32.6 Å². The van der Waals surface area contributed by atoms with E-state index in [0.717, 1.165) is 25.0 Å². The van der Waals surface area contributed by atoms with Crippen molar-refractivity contribution in [1.29, 1.82) is 0 Å². The zero-order valence-corrected chi connectivity index (χ0v) is 12.8. The maximum absolute atomic E-state index is 5.08. The number of halogens is 1. The molecule has 96 valence electrons. The van der Waals surface area contributed by atoms with Crippen LogP contribution in [0.1, 0.15) is 26.7 Å². The quantitative estimate of drug-likeness (QED) is 0.438. The minimum atomic E-state index is 0. The third kappa shape index (κ3) is 7.27. The molecule has 1 aliphatic rings. The smallest absolute Gasteiger partial charge is 0.191 e. The Morgan fingerprint density at radius 1 is 1.50 bits per heavy atom. The number of guanidine groups is 1. The molecule has 16 heavy (non-hydrogen) atoms. The third-order valence-corrected chi connectivity index (χ3v) is 2.35. The lowest BCUT2D eigenvalue weighted by atomic mass is 10.4. The Hall–Kier alpha value is -0.0400. The summed E-state index contributed by atoms with van der Waals surface area (Å²) in [6.07, 6.45) is 2.69. The van der Waals surface area contributed by atoms with Gasteiger partial charge in [0.1, 0.15) is 0 Å². The van der Waals surface area contributed by atoms with Gasteiger partial charge in [-0.25, -0.2) is 0 Å². The normalized spacial score (nSPS) is 17.6. The predicted molar refractivity (Wildman–Crippen MR) is 78.6 cm³/mol. The maximum atomic E-state index is 5.08. The third-order valence-electron chi connectivity index (χ3n) is 2.35. The van der Waals surface area contributed by atoms with Gasteiger partial charge < -0.3 is 15.4 Å². The molecule has 0 aromatic rings. The fourth-order valence-corrected chi connectivity index (χ4v) is 1.37. The van der Waals surface area contributed by atoms with Gasteiger partial charge in [0.15, 0.2) is 5.96 Å². The SMILES string of the molecule is CCNC(=NCC1CC1)NC(C)COC.I. The molecular formula is C11H24IN3O. The molecule has 0 bridgehead atoms. The average molecular weight is 341 g/mol. The first-order chi connectivity index (χ1) is 7.26. The van der Waals surface area contributed by atoms with Crippen molar-refractivity contribution in [2.45, 2.75) is 32.7 Å². The molecule has 0 spiro atoms. The lowest BCUT2D eigenvalue weighted by Gasteiger charge is -2.16. The lowest BCUT2D eigenvalue weighted by molar-refractivity contribution is 0.179. The Morgan fingerprint density at radius 3 is 2.69 bits per heavy atom. The van der Waals surface area contributed by atoms with Crippen molar-refractivity contribution < 1.29 is 4.74 Å². The van der Waals surface area contributed by atoms with E-state index in [9.17, 15) is 0 Å². The summed E-state index contributed by atoms with van der Waals surface area (Å²) >= 11 is 0. The Kier molecular flexibility index (Phi) is 9.02. The Balaban J connectivity index is 0.00000225. The van der Waals surface area contributed by atoms with Crippen molar-refractivity contribution in [3.63, 3.8) is 0 Å². The minimum absolute atomic E-state index is 0. The van der Waals surface area contributed by atoms with Gasteiger partial charge in [-0.15, -0.1) is 24.0 Å². The molecule has 0 aliphatic heterocycles. The van der Waals surface area contributed by atoms with Crippen LogP contribution in [0.3, 0.4) is 0 Å². The molecule has 0 amide bonds. The van der Waals surface area contributed by atoms with Crippen LogP contribution in [0.4, 0.5) is 0 Å². The first kappa shape index (κ1) is 16.0. The molecule has 0 radical (unpaired) electrons. The van der Waals surface area contributed by atoms with Crippen molar-refractivity contribution in [3.8, 4) is 0 Å². The number of nitrogens with one attached hydrogen (secondary N) is 2. The van der Waals surface area contributed by atoms with E-state index in [-0.39, 0.29) is 24.0 Å². The van der Waals surface area contributed by atoms with E-state index in [1.807, 2.05) is 0 Å². The Morgan fingerprint density at radius 2 is 2.19 bits per heavy atom. The van der Waals surface area contributed by atoms with E-state index in [2.05, 4.69) is 29.5 Å². The number of rotatable bonds is 6. The van der Waals surface area contributed by atoms with Crippen LogP contribution >= 0.6 is 24.0 Å². The van der Waals surface area contributed by atoms with Gasteiger partial charge in [0.25, 0.3) is 0 Å². The Bertz CT molecular complexity index is 207. The highest BCUT2D eigenvalue weighted by molar-refractivity contribution is 14.0. The van der Waals surface area contributed by atoms with E-state index in [1.54, 1.807) is 7.11 Å². The molecule has 0 saturated heterocycles. The summed E-state index contributed by atoms with van der Waals surface area (Å²) in [5, 5.41) is 6.55. The van der Waals surface area contributed by atoms with Crippen LogP contribution in [0.25, 0.3) is 0 Å². The minimum Gasteiger partial charge on any atom is -0.383 e. The van der Waals surface area contributed by atoms with Crippen LogP contribution in [0, 0.1) is 5.92 Å². The van der Waals surface area contributed by atoms with E-state index >= 15 is 0 Å². The number of ether oxygens (including phenoxy) is 1. The standard InChI is InChI=1S/C11H23N3O.HI/c1-4-12-11(13-7-10-5-6-10)14-9(2)8-15-3;/h9-10H,4-8H2,1-3H3,(H2,12,13,14);1H. The summed E-state index contributed by atoms with van der Waals surface area (Å²) in [5.74, 6) is 1.74. The van der Waals surface area contributed by atoms with Crippen LogP contribution in [-0.4, -0.2) is 38.8 Å². The predicted octanol–water partition coefficient (Wildman–Crippen LogP) is 1.60. The second-order valence-electron chi connectivity index (χ2n) is 4.16. The Labute approximate surface area is 116 Å². The molecule has 1 atom stereocenters. The largest absolute Gasteiger partial charge is 0.383 e. The maximum Gasteiger partial charge on any atom is 0.191 e. The van der Waals surface area contributed by atoms with Crippen molar-refractivity contribution in [1.82, 2.24) is 10.6 Å². The molecule has 1 fully saturated rings. The highest BCUT2D eigenvalue weighted by Gasteiger charge is 2.20. The lowest BCUT2D eigenvalue weighted by Crippen LogP contribution is -2.44. The molecule has 1 aliphatic carbocycles.